The Morgan fingerprint density at radius 1 is 0.532 bits per heavy atom. The van der Waals surface area contributed by atoms with Gasteiger partial charge >= 0.3 is 0 Å². The summed E-state index contributed by atoms with van der Waals surface area (Å²) in [5.41, 5.74) is 10.9. The molecule has 62 heavy (non-hydrogen) atoms. The fourth-order valence-corrected chi connectivity index (χ4v) is 11.7. The molecule has 4 aromatic heterocycles. The van der Waals surface area contributed by atoms with Crippen LogP contribution in [0, 0.1) is 11.8 Å². The van der Waals surface area contributed by atoms with Crippen molar-refractivity contribution in [2.24, 2.45) is 11.8 Å². The van der Waals surface area contributed by atoms with Crippen molar-refractivity contribution < 1.29 is 0 Å². The second kappa shape index (κ2) is 14.9. The third-order valence-electron chi connectivity index (χ3n) is 12.4. The lowest BCUT2D eigenvalue weighted by atomic mass is 9.90. The molecule has 2 atom stereocenters. The molecule has 4 nitrogen and oxygen atoms in total. The van der Waals surface area contributed by atoms with Crippen LogP contribution >= 0.6 is 22.7 Å². The van der Waals surface area contributed by atoms with Gasteiger partial charge in [0, 0.05) is 63.3 Å². The van der Waals surface area contributed by atoms with E-state index in [0.717, 1.165) is 57.3 Å². The molecule has 2 aliphatic carbocycles. The van der Waals surface area contributed by atoms with Crippen LogP contribution in [0.2, 0.25) is 0 Å². The number of aromatic nitrogens is 4. The Kier molecular flexibility index (Phi) is 8.91. The van der Waals surface area contributed by atoms with Gasteiger partial charge in [-0.1, -0.05) is 153 Å². The first-order valence-corrected chi connectivity index (χ1v) is 23.0. The zero-order valence-electron chi connectivity index (χ0n) is 34.3. The molecule has 6 aromatic carbocycles. The average Bonchev–Trinajstić information content (AvgIpc) is 3.91. The number of pyridine rings is 1. The lowest BCUT2D eigenvalue weighted by Crippen LogP contribution is -2.04. The van der Waals surface area contributed by atoms with Crippen molar-refractivity contribution in [1.29, 1.82) is 0 Å². The number of hydrogen-bond donors (Lipinski definition) is 0. The highest BCUT2D eigenvalue weighted by atomic mass is 32.1. The number of thiophene rings is 2. The molecule has 0 saturated heterocycles. The number of allylic oxidation sites excluding steroid dienone is 8. The molecular weight excluding hydrogens is 793 g/mol. The first kappa shape index (κ1) is 36.9. The summed E-state index contributed by atoms with van der Waals surface area (Å²) >= 11 is 3.61. The van der Waals surface area contributed by atoms with E-state index in [4.69, 9.17) is 19.9 Å². The topological polar surface area (TPSA) is 51.6 Å². The average molecular weight is 833 g/mol. The van der Waals surface area contributed by atoms with E-state index in [0.29, 0.717) is 29.3 Å². The highest BCUT2D eigenvalue weighted by Crippen LogP contribution is 2.45. The minimum absolute atomic E-state index is 0.399. The summed E-state index contributed by atoms with van der Waals surface area (Å²) in [4.78, 5) is 21.2. The Labute approximate surface area is 368 Å². The Bertz CT molecular complexity index is 3570. The fraction of sp³-hybridized carbons (Fsp3) is 0.107. The van der Waals surface area contributed by atoms with Crippen molar-refractivity contribution in [3.05, 3.63) is 181 Å². The molecule has 0 spiro atoms. The monoisotopic (exact) mass is 832 g/mol. The molecule has 296 valence electrons. The normalized spacial score (nSPS) is 16.5. The largest absolute Gasteiger partial charge is 0.246 e. The second-order valence-electron chi connectivity index (χ2n) is 16.7. The maximum absolute atomic E-state index is 5.53. The van der Waals surface area contributed by atoms with Gasteiger partial charge in [0.05, 0.1) is 15.9 Å². The van der Waals surface area contributed by atoms with Crippen molar-refractivity contribution in [2.45, 2.75) is 26.7 Å². The molecule has 0 radical (unpaired) electrons. The lowest BCUT2D eigenvalue weighted by molar-refractivity contribution is 0.738. The van der Waals surface area contributed by atoms with E-state index in [2.05, 4.69) is 184 Å². The van der Waals surface area contributed by atoms with Gasteiger partial charge in [0.2, 0.25) is 0 Å². The zero-order valence-corrected chi connectivity index (χ0v) is 36.0. The molecular formula is C56H40N4S2. The Hall–Kier alpha value is -6.86. The summed E-state index contributed by atoms with van der Waals surface area (Å²) in [6.07, 6.45) is 15.5. The smallest absolute Gasteiger partial charge is 0.165 e. The van der Waals surface area contributed by atoms with Crippen LogP contribution in [-0.2, 0) is 0 Å². The SMILES string of the molecule is CC1C=C(c2nc(-c3cccc(-c4nc5cc(-c6ccc(C7=CC=CC(C)C7)cc6)ccc5c5c4sc4ccccc45)c3)nc(-c3cccc4c3sc3ccccc34)n2)C=CC1. The fourth-order valence-electron chi connectivity index (χ4n) is 9.27. The van der Waals surface area contributed by atoms with Crippen LogP contribution in [0.25, 0.3) is 108 Å². The van der Waals surface area contributed by atoms with Crippen molar-refractivity contribution in [1.82, 2.24) is 19.9 Å². The highest BCUT2D eigenvalue weighted by molar-refractivity contribution is 7.26. The number of hydrogen-bond acceptors (Lipinski definition) is 6. The van der Waals surface area contributed by atoms with Gasteiger partial charge < -0.3 is 0 Å². The van der Waals surface area contributed by atoms with Crippen molar-refractivity contribution in [3.63, 3.8) is 0 Å². The Morgan fingerprint density at radius 3 is 2.10 bits per heavy atom. The van der Waals surface area contributed by atoms with Gasteiger partial charge in [-0.25, -0.2) is 19.9 Å². The Morgan fingerprint density at radius 2 is 1.24 bits per heavy atom. The van der Waals surface area contributed by atoms with Crippen molar-refractivity contribution >= 4 is 85.1 Å². The van der Waals surface area contributed by atoms with Gasteiger partial charge in [-0.3, -0.25) is 0 Å². The van der Waals surface area contributed by atoms with Crippen LogP contribution in [0.3, 0.4) is 0 Å². The molecule has 0 N–H and O–H groups in total. The van der Waals surface area contributed by atoms with E-state index in [1.54, 1.807) is 11.3 Å². The molecule has 0 fully saturated rings. The predicted octanol–water partition coefficient (Wildman–Crippen LogP) is 15.8. The highest BCUT2D eigenvalue weighted by Gasteiger charge is 2.21. The zero-order chi connectivity index (χ0) is 41.3. The molecule has 12 rings (SSSR count). The van der Waals surface area contributed by atoms with Crippen LogP contribution in [0.4, 0.5) is 0 Å². The minimum Gasteiger partial charge on any atom is -0.246 e. The summed E-state index contributed by atoms with van der Waals surface area (Å²) < 4.78 is 4.87. The van der Waals surface area contributed by atoms with Crippen LogP contribution in [0.15, 0.2) is 170 Å². The summed E-state index contributed by atoms with van der Waals surface area (Å²) in [7, 11) is 0. The van der Waals surface area contributed by atoms with Crippen LogP contribution in [0.1, 0.15) is 38.1 Å². The van der Waals surface area contributed by atoms with E-state index < -0.39 is 0 Å². The quantitative estimate of drug-likeness (QED) is 0.167. The van der Waals surface area contributed by atoms with E-state index >= 15 is 0 Å². The maximum atomic E-state index is 5.53. The number of nitrogens with zero attached hydrogens (tertiary/aromatic N) is 4. The van der Waals surface area contributed by atoms with Crippen molar-refractivity contribution in [3.8, 4) is 45.2 Å². The van der Waals surface area contributed by atoms with Gasteiger partial charge in [0.25, 0.3) is 0 Å². The summed E-state index contributed by atoms with van der Waals surface area (Å²) in [6.45, 7) is 4.52. The lowest BCUT2D eigenvalue weighted by Gasteiger charge is -2.15. The van der Waals surface area contributed by atoms with Gasteiger partial charge in [-0.05, 0) is 77.3 Å². The standard InChI is InChI=1S/C56H40N4S2/c1-33-11-7-13-37(29-33)35-23-25-36(26-24-35)38-27-28-44-47(32-38)57-51(53-50(44)45-18-4-6-22-49(45)62-53)39-14-9-16-41(31-39)55-58-54(40-15-8-12-34(2)30-40)59-56(60-55)46-20-10-19-43-42-17-3-5-21-48(42)61-52(43)46/h3-11,13-28,30-34H,12,29H2,1-2H3. The van der Waals surface area contributed by atoms with Gasteiger partial charge in [0.1, 0.15) is 0 Å². The van der Waals surface area contributed by atoms with Gasteiger partial charge in [-0.2, -0.15) is 0 Å². The second-order valence-corrected chi connectivity index (χ2v) is 18.8. The summed E-state index contributed by atoms with van der Waals surface area (Å²) in [5.74, 6) is 2.97. The molecule has 0 bridgehead atoms. The molecule has 2 unspecified atom stereocenters. The molecule has 0 aliphatic heterocycles. The molecule has 4 heterocycles. The van der Waals surface area contributed by atoms with Crippen LogP contribution in [0.5, 0.6) is 0 Å². The van der Waals surface area contributed by atoms with E-state index in [-0.39, 0.29) is 0 Å². The summed E-state index contributed by atoms with van der Waals surface area (Å²) in [6, 6.07) is 48.3. The predicted molar refractivity (Wildman–Crippen MR) is 264 cm³/mol. The third kappa shape index (κ3) is 6.41. The van der Waals surface area contributed by atoms with E-state index in [1.807, 2.05) is 11.3 Å². The minimum atomic E-state index is 0.399. The first-order chi connectivity index (χ1) is 30.5. The van der Waals surface area contributed by atoms with Crippen molar-refractivity contribution in [2.75, 3.05) is 0 Å². The maximum Gasteiger partial charge on any atom is 0.165 e. The molecule has 2 aliphatic rings. The molecule has 0 amide bonds. The number of fused-ring (bicyclic) bond motifs is 8. The van der Waals surface area contributed by atoms with E-state index in [1.165, 1.54) is 57.0 Å². The third-order valence-corrected chi connectivity index (χ3v) is 14.8. The van der Waals surface area contributed by atoms with Gasteiger partial charge in [0.15, 0.2) is 17.5 Å². The Balaban J connectivity index is 1.01. The molecule has 6 heteroatoms. The number of benzene rings is 6. The molecule has 10 aromatic rings. The summed E-state index contributed by atoms with van der Waals surface area (Å²) in [5, 5.41) is 6.14. The van der Waals surface area contributed by atoms with Crippen LogP contribution < -0.4 is 0 Å². The van der Waals surface area contributed by atoms with Gasteiger partial charge in [-0.15, -0.1) is 22.7 Å². The number of rotatable bonds is 6. The molecule has 0 saturated carbocycles. The van der Waals surface area contributed by atoms with E-state index in [9.17, 15) is 0 Å². The first-order valence-electron chi connectivity index (χ1n) is 21.4. The van der Waals surface area contributed by atoms with Crippen LogP contribution in [-0.4, -0.2) is 19.9 Å².